The van der Waals surface area contributed by atoms with Gasteiger partial charge in [-0.05, 0) is 23.8 Å². The van der Waals surface area contributed by atoms with Gasteiger partial charge in [-0.3, -0.25) is 9.59 Å². The Balaban J connectivity index is 1.82. The third-order valence-electron chi connectivity index (χ3n) is 3.49. The van der Waals surface area contributed by atoms with Crippen LogP contribution in [0.1, 0.15) is 11.1 Å². The zero-order chi connectivity index (χ0) is 18.4. The molecule has 2 N–H and O–H groups in total. The van der Waals surface area contributed by atoms with E-state index in [9.17, 15) is 27.9 Å². The lowest BCUT2D eigenvalue weighted by Crippen LogP contribution is -2.37. The van der Waals surface area contributed by atoms with Crippen LogP contribution in [0.5, 0.6) is 0 Å². The second-order valence-corrected chi connectivity index (χ2v) is 5.52. The molecule has 1 unspecified atom stereocenters. The van der Waals surface area contributed by atoms with Crippen LogP contribution in [0.15, 0.2) is 53.5 Å². The fourth-order valence-corrected chi connectivity index (χ4v) is 2.19. The first-order valence-corrected chi connectivity index (χ1v) is 7.52. The van der Waals surface area contributed by atoms with E-state index < -0.39 is 23.8 Å². The van der Waals surface area contributed by atoms with Crippen LogP contribution in [0.2, 0.25) is 0 Å². The van der Waals surface area contributed by atoms with E-state index >= 15 is 0 Å². The van der Waals surface area contributed by atoms with Gasteiger partial charge in [0.25, 0.3) is 5.56 Å². The highest BCUT2D eigenvalue weighted by Gasteiger charge is 2.29. The monoisotopic (exact) mass is 354 g/mol. The van der Waals surface area contributed by atoms with Crippen LogP contribution in [-0.2, 0) is 23.9 Å². The van der Waals surface area contributed by atoms with Gasteiger partial charge in [-0.25, -0.2) is 0 Å². The molecule has 8 heteroatoms. The first-order valence-electron chi connectivity index (χ1n) is 7.52. The lowest BCUT2D eigenvalue weighted by molar-refractivity contribution is -0.137. The summed E-state index contributed by atoms with van der Waals surface area (Å²) in [6.45, 7) is -0.0406. The molecule has 134 valence electrons. The van der Waals surface area contributed by atoms with Crippen LogP contribution in [0, 0.1) is 0 Å². The van der Waals surface area contributed by atoms with Gasteiger partial charge in [0.15, 0.2) is 0 Å². The molecule has 0 saturated heterocycles. The summed E-state index contributed by atoms with van der Waals surface area (Å²) in [5, 5.41) is 12.4. The maximum absolute atomic E-state index is 12.5. The summed E-state index contributed by atoms with van der Waals surface area (Å²) in [5.41, 5.74) is -0.614. The molecule has 1 aromatic heterocycles. The maximum atomic E-state index is 12.5. The third kappa shape index (κ3) is 5.75. The molecule has 2 aromatic rings. The first-order chi connectivity index (χ1) is 11.8. The molecule has 1 heterocycles. The van der Waals surface area contributed by atoms with Gasteiger partial charge in [-0.1, -0.05) is 18.2 Å². The molecule has 0 saturated carbocycles. The van der Waals surface area contributed by atoms with Crippen molar-refractivity contribution in [1.29, 1.82) is 0 Å². The number of pyridine rings is 1. The fraction of sp³-hybridized carbons (Fsp3) is 0.294. The molecule has 5 nitrogen and oxygen atoms in total. The number of amides is 1. The van der Waals surface area contributed by atoms with Gasteiger partial charge in [0.2, 0.25) is 5.91 Å². The fourth-order valence-electron chi connectivity index (χ4n) is 2.19. The summed E-state index contributed by atoms with van der Waals surface area (Å²) in [7, 11) is 0. The highest BCUT2D eigenvalue weighted by molar-refractivity contribution is 5.78. The van der Waals surface area contributed by atoms with Crippen molar-refractivity contribution in [3.63, 3.8) is 0 Å². The van der Waals surface area contributed by atoms with Crippen LogP contribution in [0.4, 0.5) is 13.2 Å². The number of nitrogens with zero attached hydrogens (tertiary/aromatic N) is 1. The standard InChI is InChI=1S/C17H17F3N2O3/c18-17(19,20)13-6-4-12(5-7-13)9-15(24)21-10-14(23)11-22-8-2-1-3-16(22)25/h1-8,14,23H,9-11H2,(H,21,24). The van der Waals surface area contributed by atoms with Crippen molar-refractivity contribution >= 4 is 5.91 Å². The minimum Gasteiger partial charge on any atom is -0.389 e. The summed E-state index contributed by atoms with van der Waals surface area (Å²) in [6.07, 6.45) is -3.96. The number of aromatic nitrogens is 1. The van der Waals surface area contributed by atoms with E-state index in [1.165, 1.54) is 29.0 Å². The van der Waals surface area contributed by atoms with E-state index in [2.05, 4.69) is 5.32 Å². The van der Waals surface area contributed by atoms with Gasteiger partial charge in [0, 0.05) is 18.8 Å². The van der Waals surface area contributed by atoms with Gasteiger partial charge in [-0.15, -0.1) is 0 Å². The van der Waals surface area contributed by atoms with Crippen molar-refractivity contribution in [2.75, 3.05) is 6.54 Å². The average molecular weight is 354 g/mol. The number of carbonyl (C=O) groups excluding carboxylic acids is 1. The number of alkyl halides is 3. The summed E-state index contributed by atoms with van der Waals surface area (Å²) in [6, 6.07) is 8.90. The second kappa shape index (κ2) is 7.98. The first kappa shape index (κ1) is 18.7. The highest BCUT2D eigenvalue weighted by atomic mass is 19.4. The number of carbonyl (C=O) groups is 1. The Morgan fingerprint density at radius 2 is 1.84 bits per heavy atom. The van der Waals surface area contributed by atoms with Crippen LogP contribution in [0.25, 0.3) is 0 Å². The molecule has 0 radical (unpaired) electrons. The van der Waals surface area contributed by atoms with Crippen molar-refractivity contribution in [1.82, 2.24) is 9.88 Å². The van der Waals surface area contributed by atoms with E-state index in [-0.39, 0.29) is 25.1 Å². The van der Waals surface area contributed by atoms with E-state index in [0.717, 1.165) is 12.1 Å². The normalized spacial score (nSPS) is 12.6. The number of hydrogen-bond donors (Lipinski definition) is 2. The maximum Gasteiger partial charge on any atom is 0.416 e. The van der Waals surface area contributed by atoms with Crippen LogP contribution in [-0.4, -0.2) is 28.2 Å². The Hall–Kier alpha value is -2.61. The molecule has 1 atom stereocenters. The molecule has 1 aromatic carbocycles. The number of aliphatic hydroxyl groups excluding tert-OH is 1. The molecule has 2 rings (SSSR count). The molecule has 0 spiro atoms. The SMILES string of the molecule is O=C(Cc1ccc(C(F)(F)F)cc1)NCC(O)Cn1ccccc1=O. The molecule has 0 aliphatic heterocycles. The topological polar surface area (TPSA) is 71.3 Å². The van der Waals surface area contributed by atoms with E-state index in [4.69, 9.17) is 0 Å². The zero-order valence-corrected chi connectivity index (χ0v) is 13.2. The van der Waals surface area contributed by atoms with Crippen molar-refractivity contribution in [2.45, 2.75) is 25.2 Å². The third-order valence-corrected chi connectivity index (χ3v) is 3.49. The summed E-state index contributed by atoms with van der Waals surface area (Å²) < 4.78 is 38.7. The second-order valence-electron chi connectivity index (χ2n) is 5.52. The number of nitrogens with one attached hydrogen (secondary N) is 1. The molecule has 0 aliphatic rings. The van der Waals surface area contributed by atoms with Gasteiger partial charge in [-0.2, -0.15) is 13.2 Å². The number of aliphatic hydroxyl groups is 1. The molecule has 0 fully saturated rings. The Labute approximate surface area is 141 Å². The van der Waals surface area contributed by atoms with Crippen LogP contribution >= 0.6 is 0 Å². The zero-order valence-electron chi connectivity index (χ0n) is 13.2. The number of rotatable bonds is 6. The Morgan fingerprint density at radius 3 is 2.44 bits per heavy atom. The predicted molar refractivity (Wildman–Crippen MR) is 84.9 cm³/mol. The average Bonchev–Trinajstić information content (AvgIpc) is 2.55. The lowest BCUT2D eigenvalue weighted by Gasteiger charge is -2.13. The largest absolute Gasteiger partial charge is 0.416 e. The van der Waals surface area contributed by atoms with E-state index in [1.54, 1.807) is 12.1 Å². The highest BCUT2D eigenvalue weighted by Crippen LogP contribution is 2.29. The van der Waals surface area contributed by atoms with Crippen LogP contribution < -0.4 is 10.9 Å². The molecular formula is C17H17F3N2O3. The number of hydrogen-bond acceptors (Lipinski definition) is 3. The van der Waals surface area contributed by atoms with Crippen molar-refractivity contribution in [3.05, 3.63) is 70.1 Å². The predicted octanol–water partition coefficient (Wildman–Crippen LogP) is 1.59. The quantitative estimate of drug-likeness (QED) is 0.828. The molecule has 0 aliphatic carbocycles. The van der Waals surface area contributed by atoms with Crippen molar-refractivity contribution < 1.29 is 23.1 Å². The summed E-state index contributed by atoms with van der Waals surface area (Å²) in [4.78, 5) is 23.3. The Kier molecular flexibility index (Phi) is 5.97. The molecule has 25 heavy (non-hydrogen) atoms. The molecule has 0 bridgehead atoms. The van der Waals surface area contributed by atoms with Gasteiger partial charge in [0.05, 0.1) is 24.6 Å². The number of halogens is 3. The molecule has 1 amide bonds. The van der Waals surface area contributed by atoms with Gasteiger partial charge < -0.3 is 15.0 Å². The van der Waals surface area contributed by atoms with Gasteiger partial charge >= 0.3 is 6.18 Å². The summed E-state index contributed by atoms with van der Waals surface area (Å²) in [5.74, 6) is -0.431. The minimum absolute atomic E-state index is 0.0280. The van der Waals surface area contributed by atoms with Crippen molar-refractivity contribution in [2.24, 2.45) is 0 Å². The lowest BCUT2D eigenvalue weighted by atomic mass is 10.1. The molecular weight excluding hydrogens is 337 g/mol. The van der Waals surface area contributed by atoms with E-state index in [1.807, 2.05) is 0 Å². The van der Waals surface area contributed by atoms with Crippen LogP contribution in [0.3, 0.4) is 0 Å². The Bertz CT molecular complexity index is 770. The van der Waals surface area contributed by atoms with Gasteiger partial charge in [0.1, 0.15) is 0 Å². The number of benzene rings is 1. The van der Waals surface area contributed by atoms with Crippen molar-refractivity contribution in [3.8, 4) is 0 Å². The van der Waals surface area contributed by atoms with E-state index in [0.29, 0.717) is 5.56 Å². The Morgan fingerprint density at radius 1 is 1.16 bits per heavy atom. The minimum atomic E-state index is -4.42. The summed E-state index contributed by atoms with van der Waals surface area (Å²) >= 11 is 0. The smallest absolute Gasteiger partial charge is 0.389 e.